The molecule has 0 bridgehead atoms. The van der Waals surface area contributed by atoms with E-state index in [0.717, 1.165) is 5.56 Å². The van der Waals surface area contributed by atoms with E-state index in [9.17, 15) is 14.4 Å². The minimum Gasteiger partial charge on any atom is -0.444 e. The fourth-order valence-electron chi connectivity index (χ4n) is 3.70. The van der Waals surface area contributed by atoms with E-state index in [2.05, 4.69) is 10.3 Å². The number of hydrogen-bond donors (Lipinski definition) is 1. The predicted octanol–water partition coefficient (Wildman–Crippen LogP) is 2.41. The molecule has 1 unspecified atom stereocenters. The second-order valence-electron chi connectivity index (χ2n) is 8.68. The number of benzene rings is 1. The molecule has 160 valence electrons. The number of rotatable bonds is 2. The van der Waals surface area contributed by atoms with Crippen molar-refractivity contribution in [3.05, 3.63) is 23.8 Å². The van der Waals surface area contributed by atoms with E-state index in [4.69, 9.17) is 9.15 Å². The van der Waals surface area contributed by atoms with Crippen LogP contribution in [0.2, 0.25) is 0 Å². The second-order valence-corrected chi connectivity index (χ2v) is 8.68. The number of aromatic nitrogens is 1. The number of anilines is 1. The van der Waals surface area contributed by atoms with Gasteiger partial charge in [0.15, 0.2) is 5.58 Å². The number of nitrogens with zero attached hydrogens (tertiary/aromatic N) is 3. The summed E-state index contributed by atoms with van der Waals surface area (Å²) in [6.45, 7) is 7.77. The Hall–Kier alpha value is -3.10. The molecule has 1 aromatic carbocycles. The van der Waals surface area contributed by atoms with Crippen LogP contribution in [-0.4, -0.2) is 59.6 Å². The Labute approximate surface area is 174 Å². The summed E-state index contributed by atoms with van der Waals surface area (Å²) in [5.41, 5.74) is 1.61. The third-order valence-corrected chi connectivity index (χ3v) is 5.24. The molecular weight excluding hydrogens is 388 g/mol. The van der Waals surface area contributed by atoms with Crippen molar-refractivity contribution in [1.29, 1.82) is 0 Å². The smallest absolute Gasteiger partial charge is 0.410 e. The number of ether oxygens (including phenoxy) is 1. The zero-order valence-electron chi connectivity index (χ0n) is 17.4. The SMILES string of the molecule is CC(C)(C)OC(=O)N1CCN(c2nc3cc(C4CCC(=O)NC4=O)ccc3o2)CC1. The summed E-state index contributed by atoms with van der Waals surface area (Å²) in [5, 5.41) is 2.39. The van der Waals surface area contributed by atoms with Crippen LogP contribution in [0, 0.1) is 0 Å². The molecule has 0 saturated carbocycles. The average Bonchev–Trinajstić information content (AvgIpc) is 3.10. The molecule has 9 nitrogen and oxygen atoms in total. The van der Waals surface area contributed by atoms with Crippen molar-refractivity contribution in [2.24, 2.45) is 0 Å². The van der Waals surface area contributed by atoms with Crippen molar-refractivity contribution in [3.8, 4) is 0 Å². The largest absolute Gasteiger partial charge is 0.444 e. The number of carbonyl (C=O) groups excluding carboxylic acids is 3. The molecule has 2 aliphatic rings. The number of carbonyl (C=O) groups is 3. The number of piperazine rings is 1. The van der Waals surface area contributed by atoms with Crippen LogP contribution in [0.3, 0.4) is 0 Å². The van der Waals surface area contributed by atoms with Gasteiger partial charge in [0.1, 0.15) is 11.1 Å². The molecule has 2 saturated heterocycles. The van der Waals surface area contributed by atoms with E-state index in [1.807, 2.05) is 43.9 Å². The van der Waals surface area contributed by atoms with Crippen LogP contribution in [-0.2, 0) is 14.3 Å². The number of imide groups is 1. The number of piperidine rings is 1. The van der Waals surface area contributed by atoms with Crippen molar-refractivity contribution >= 4 is 35.0 Å². The summed E-state index contributed by atoms with van der Waals surface area (Å²) in [6.07, 6.45) is 0.516. The maximum Gasteiger partial charge on any atom is 0.410 e. The van der Waals surface area contributed by atoms with Gasteiger partial charge in [-0.2, -0.15) is 4.98 Å². The molecular formula is C21H26N4O5. The van der Waals surface area contributed by atoms with Crippen molar-refractivity contribution in [2.75, 3.05) is 31.1 Å². The van der Waals surface area contributed by atoms with E-state index < -0.39 is 5.60 Å². The summed E-state index contributed by atoms with van der Waals surface area (Å²) in [6, 6.07) is 5.99. The van der Waals surface area contributed by atoms with Gasteiger partial charge in [0.25, 0.3) is 6.01 Å². The highest BCUT2D eigenvalue weighted by molar-refractivity contribution is 6.01. The lowest BCUT2D eigenvalue weighted by Crippen LogP contribution is -2.50. The number of nitrogens with one attached hydrogen (secondary N) is 1. The summed E-state index contributed by atoms with van der Waals surface area (Å²) < 4.78 is 11.3. The highest BCUT2D eigenvalue weighted by Gasteiger charge is 2.30. The van der Waals surface area contributed by atoms with Gasteiger partial charge in [-0.3, -0.25) is 14.9 Å². The third kappa shape index (κ3) is 4.24. The molecule has 30 heavy (non-hydrogen) atoms. The Bertz CT molecular complexity index is 985. The van der Waals surface area contributed by atoms with Crippen molar-refractivity contribution in [3.63, 3.8) is 0 Å². The predicted molar refractivity (Wildman–Crippen MR) is 109 cm³/mol. The molecule has 3 amide bonds. The highest BCUT2D eigenvalue weighted by atomic mass is 16.6. The molecule has 0 spiro atoms. The molecule has 1 atom stereocenters. The van der Waals surface area contributed by atoms with Crippen molar-refractivity contribution in [1.82, 2.24) is 15.2 Å². The molecule has 0 radical (unpaired) electrons. The van der Waals surface area contributed by atoms with Crippen LogP contribution >= 0.6 is 0 Å². The molecule has 3 heterocycles. The lowest BCUT2D eigenvalue weighted by Gasteiger charge is -2.34. The quantitative estimate of drug-likeness (QED) is 0.753. The summed E-state index contributed by atoms with van der Waals surface area (Å²) in [7, 11) is 0. The van der Waals surface area contributed by atoms with Gasteiger partial charge in [-0.15, -0.1) is 0 Å². The molecule has 1 N–H and O–H groups in total. The van der Waals surface area contributed by atoms with Gasteiger partial charge in [0.05, 0.1) is 5.92 Å². The Balaban J connectivity index is 1.44. The van der Waals surface area contributed by atoms with Crippen LogP contribution in [0.15, 0.2) is 22.6 Å². The fraction of sp³-hybridized carbons (Fsp3) is 0.524. The third-order valence-electron chi connectivity index (χ3n) is 5.24. The first-order valence-corrected chi connectivity index (χ1v) is 10.2. The number of amides is 3. The highest BCUT2D eigenvalue weighted by Crippen LogP contribution is 2.30. The maximum atomic E-state index is 12.2. The summed E-state index contributed by atoms with van der Waals surface area (Å²) >= 11 is 0. The Morgan fingerprint density at radius 2 is 1.93 bits per heavy atom. The van der Waals surface area contributed by atoms with Crippen LogP contribution in [0.25, 0.3) is 11.1 Å². The van der Waals surface area contributed by atoms with Crippen molar-refractivity contribution < 1.29 is 23.5 Å². The van der Waals surface area contributed by atoms with Gasteiger partial charge in [-0.05, 0) is 44.9 Å². The zero-order valence-corrected chi connectivity index (χ0v) is 17.4. The van der Waals surface area contributed by atoms with Crippen LogP contribution in [0.1, 0.15) is 45.1 Å². The van der Waals surface area contributed by atoms with E-state index in [1.54, 1.807) is 4.90 Å². The molecule has 1 aromatic heterocycles. The molecule has 2 fully saturated rings. The lowest BCUT2D eigenvalue weighted by atomic mass is 9.90. The van der Waals surface area contributed by atoms with Crippen molar-refractivity contribution in [2.45, 2.75) is 45.1 Å². The van der Waals surface area contributed by atoms with E-state index >= 15 is 0 Å². The Morgan fingerprint density at radius 3 is 2.60 bits per heavy atom. The molecule has 2 aromatic rings. The first-order chi connectivity index (χ1) is 14.2. The average molecular weight is 414 g/mol. The first kappa shape index (κ1) is 20.2. The van der Waals surface area contributed by atoms with Gasteiger partial charge >= 0.3 is 6.09 Å². The molecule has 9 heteroatoms. The topological polar surface area (TPSA) is 105 Å². The standard InChI is InChI=1S/C21H26N4O5/c1-21(2,3)30-20(28)25-10-8-24(9-11-25)19-22-15-12-13(4-6-16(15)29-19)14-5-7-17(26)23-18(14)27/h4,6,12,14H,5,7-11H2,1-3H3,(H,23,26,27). The molecule has 0 aliphatic carbocycles. The Kier molecular flexibility index (Phi) is 5.13. The number of hydrogen-bond acceptors (Lipinski definition) is 7. The monoisotopic (exact) mass is 414 g/mol. The summed E-state index contributed by atoms with van der Waals surface area (Å²) in [4.78, 5) is 44.0. The Morgan fingerprint density at radius 1 is 1.20 bits per heavy atom. The van der Waals surface area contributed by atoms with E-state index in [1.165, 1.54) is 0 Å². The number of oxazole rings is 1. The van der Waals surface area contributed by atoms with Gasteiger partial charge < -0.3 is 19.0 Å². The van der Waals surface area contributed by atoms with E-state index in [0.29, 0.717) is 56.1 Å². The molecule has 2 aliphatic heterocycles. The lowest BCUT2D eigenvalue weighted by molar-refractivity contribution is -0.134. The minimum atomic E-state index is -0.519. The second kappa shape index (κ2) is 7.62. The van der Waals surface area contributed by atoms with Gasteiger partial charge in [-0.25, -0.2) is 4.79 Å². The number of fused-ring (bicyclic) bond motifs is 1. The van der Waals surface area contributed by atoms with Gasteiger partial charge in [0.2, 0.25) is 11.8 Å². The minimum absolute atomic E-state index is 0.230. The first-order valence-electron chi connectivity index (χ1n) is 10.2. The van der Waals surface area contributed by atoms with Crippen LogP contribution < -0.4 is 10.2 Å². The fourth-order valence-corrected chi connectivity index (χ4v) is 3.70. The zero-order chi connectivity index (χ0) is 21.5. The van der Waals surface area contributed by atoms with Crippen LogP contribution in [0.5, 0.6) is 0 Å². The molecule has 4 rings (SSSR count). The van der Waals surface area contributed by atoms with Gasteiger partial charge in [0, 0.05) is 32.6 Å². The maximum absolute atomic E-state index is 12.2. The normalized spacial score (nSPS) is 20.4. The van der Waals surface area contributed by atoms with Gasteiger partial charge in [-0.1, -0.05) is 6.07 Å². The summed E-state index contributed by atoms with van der Waals surface area (Å²) in [5.74, 6) is -0.858. The van der Waals surface area contributed by atoms with E-state index in [-0.39, 0.29) is 23.8 Å². The van der Waals surface area contributed by atoms with Crippen LogP contribution in [0.4, 0.5) is 10.8 Å².